The highest BCUT2D eigenvalue weighted by Gasteiger charge is 2.27. The Morgan fingerprint density at radius 2 is 1.38 bits per heavy atom. The molecule has 0 aromatic heterocycles. The molecule has 0 saturated heterocycles. The van der Waals surface area contributed by atoms with Crippen LogP contribution < -0.4 is 10.6 Å². The average Bonchev–Trinajstić information content (AvgIpc) is 2.89. The minimum atomic E-state index is -1.11. The molecule has 2 rings (SSSR count). The molecule has 9 heteroatoms. The van der Waals surface area contributed by atoms with E-state index in [1.54, 1.807) is 32.9 Å². The van der Waals surface area contributed by atoms with E-state index in [9.17, 15) is 19.2 Å². The Hall–Kier alpha value is -3.98. The monoisotopic (exact) mass is 554 g/mol. The Kier molecular flexibility index (Phi) is 15.0. The largest absolute Gasteiger partial charge is 0.460 e. The Morgan fingerprint density at radius 1 is 0.875 bits per heavy atom. The van der Waals surface area contributed by atoms with Crippen LogP contribution in [0.25, 0.3) is 0 Å². The minimum absolute atomic E-state index is 0.0459. The highest BCUT2D eigenvalue weighted by atomic mass is 16.6. The lowest BCUT2D eigenvalue weighted by atomic mass is 10.1. The summed E-state index contributed by atoms with van der Waals surface area (Å²) >= 11 is 0. The van der Waals surface area contributed by atoms with Gasteiger partial charge in [0, 0.05) is 0 Å². The number of amides is 2. The van der Waals surface area contributed by atoms with E-state index >= 15 is 0 Å². The molecule has 2 amide bonds. The van der Waals surface area contributed by atoms with Crippen LogP contribution in [0, 0.1) is 5.92 Å². The third-order valence-corrected chi connectivity index (χ3v) is 4.90. The summed E-state index contributed by atoms with van der Waals surface area (Å²) in [6, 6.07) is 17.3. The van der Waals surface area contributed by atoms with Crippen molar-refractivity contribution in [2.45, 2.75) is 66.4 Å². The Bertz CT molecular complexity index is 1090. The van der Waals surface area contributed by atoms with E-state index in [-0.39, 0.29) is 19.8 Å². The Morgan fingerprint density at radius 3 is 1.88 bits per heavy atom. The van der Waals surface area contributed by atoms with Crippen LogP contribution in [-0.2, 0) is 41.8 Å². The number of rotatable bonds is 12. The SMILES string of the molecule is C=C(C)C.CC(C(=O)CNC(=O)C(COCc1ccccc1)NC(=O)OC(C)(C)C)C(=O)OCc1ccccc1. The number of hydrogen-bond donors (Lipinski definition) is 2. The number of carbonyl (C=O) groups excluding carboxylic acids is 4. The first-order valence-electron chi connectivity index (χ1n) is 13.0. The van der Waals surface area contributed by atoms with Crippen molar-refractivity contribution in [1.29, 1.82) is 0 Å². The van der Waals surface area contributed by atoms with Gasteiger partial charge in [0.2, 0.25) is 5.91 Å². The molecule has 2 aromatic carbocycles. The fourth-order valence-corrected chi connectivity index (χ4v) is 2.94. The van der Waals surface area contributed by atoms with Crippen LogP contribution in [0.1, 0.15) is 52.7 Å². The minimum Gasteiger partial charge on any atom is -0.460 e. The van der Waals surface area contributed by atoms with Crippen LogP contribution in [-0.4, -0.2) is 48.5 Å². The summed E-state index contributed by atoms with van der Waals surface area (Å²) in [6.07, 6.45) is -0.796. The molecule has 0 radical (unpaired) electrons. The smallest absolute Gasteiger partial charge is 0.408 e. The lowest BCUT2D eigenvalue weighted by molar-refractivity contribution is -0.152. The van der Waals surface area contributed by atoms with Crippen molar-refractivity contribution in [3.63, 3.8) is 0 Å². The number of allylic oxidation sites excluding steroid dienone is 1. The summed E-state index contributed by atoms with van der Waals surface area (Å²) < 4.78 is 16.0. The molecule has 40 heavy (non-hydrogen) atoms. The van der Waals surface area contributed by atoms with E-state index in [4.69, 9.17) is 14.2 Å². The first-order valence-corrected chi connectivity index (χ1v) is 13.0. The van der Waals surface area contributed by atoms with Crippen LogP contribution >= 0.6 is 0 Å². The van der Waals surface area contributed by atoms with Gasteiger partial charge in [-0.05, 0) is 52.7 Å². The van der Waals surface area contributed by atoms with Gasteiger partial charge < -0.3 is 24.8 Å². The number of Topliss-reactive ketones (excluding diaryl/α,β-unsaturated/α-hetero) is 1. The van der Waals surface area contributed by atoms with Crippen LogP contribution in [0.2, 0.25) is 0 Å². The number of benzene rings is 2. The van der Waals surface area contributed by atoms with Gasteiger partial charge in [-0.1, -0.05) is 66.2 Å². The normalized spacial score (nSPS) is 12.1. The van der Waals surface area contributed by atoms with Crippen LogP contribution in [0.15, 0.2) is 72.8 Å². The second-order valence-corrected chi connectivity index (χ2v) is 10.4. The standard InChI is InChI=1S/C27H34N2O7.C4H8/c1-19(25(32)35-17-21-13-9-6-10-14-21)23(30)15-28-24(31)22(29-26(33)36-27(2,3)4)18-34-16-20-11-7-5-8-12-20;1-4(2)3/h5-14,19,22H,15-18H2,1-4H3,(H,28,31)(H,29,33);1H2,2-3H3. The van der Waals surface area contributed by atoms with Gasteiger partial charge in [0.05, 0.1) is 19.8 Å². The van der Waals surface area contributed by atoms with Crippen LogP contribution in [0.4, 0.5) is 4.79 Å². The molecule has 2 aromatic rings. The molecule has 0 aliphatic rings. The molecule has 9 nitrogen and oxygen atoms in total. The molecule has 0 spiro atoms. The van der Waals surface area contributed by atoms with Crippen LogP contribution in [0.3, 0.4) is 0 Å². The van der Waals surface area contributed by atoms with Gasteiger partial charge in [-0.2, -0.15) is 0 Å². The number of nitrogens with one attached hydrogen (secondary N) is 2. The van der Waals surface area contributed by atoms with Gasteiger partial charge in [0.1, 0.15) is 24.2 Å². The number of ether oxygens (including phenoxy) is 3. The second kappa shape index (κ2) is 17.6. The maximum atomic E-state index is 12.8. The highest BCUT2D eigenvalue weighted by Crippen LogP contribution is 2.08. The van der Waals surface area contributed by atoms with Crippen molar-refractivity contribution in [2.24, 2.45) is 5.92 Å². The summed E-state index contributed by atoms with van der Waals surface area (Å²) in [5.41, 5.74) is 2.10. The first kappa shape index (κ1) is 34.0. The molecule has 0 heterocycles. The summed E-state index contributed by atoms with van der Waals surface area (Å²) in [5.74, 6) is -2.93. The Balaban J connectivity index is 0.00000187. The topological polar surface area (TPSA) is 120 Å². The van der Waals surface area contributed by atoms with Crippen molar-refractivity contribution in [2.75, 3.05) is 13.2 Å². The average molecular weight is 555 g/mol. The molecule has 2 unspecified atom stereocenters. The van der Waals surface area contributed by atoms with E-state index in [1.807, 2.05) is 62.4 Å². The molecule has 0 aliphatic carbocycles. The Labute approximate surface area is 237 Å². The van der Waals surface area contributed by atoms with Crippen molar-refractivity contribution < 1.29 is 33.4 Å². The third-order valence-electron chi connectivity index (χ3n) is 4.90. The third kappa shape index (κ3) is 15.4. The van der Waals surface area contributed by atoms with Gasteiger partial charge in [0.25, 0.3) is 0 Å². The summed E-state index contributed by atoms with van der Waals surface area (Å²) in [7, 11) is 0. The van der Waals surface area contributed by atoms with Gasteiger partial charge in [-0.25, -0.2) is 4.79 Å². The van der Waals surface area contributed by atoms with Crippen molar-refractivity contribution in [1.82, 2.24) is 10.6 Å². The fourth-order valence-electron chi connectivity index (χ4n) is 2.94. The van der Waals surface area contributed by atoms with Gasteiger partial charge in [0.15, 0.2) is 5.78 Å². The zero-order chi connectivity index (χ0) is 30.1. The van der Waals surface area contributed by atoms with E-state index in [1.165, 1.54) is 12.5 Å². The molecule has 0 saturated carbocycles. The maximum Gasteiger partial charge on any atom is 0.408 e. The zero-order valence-electron chi connectivity index (χ0n) is 24.3. The molecule has 0 fully saturated rings. The predicted molar refractivity (Wildman–Crippen MR) is 153 cm³/mol. The lowest BCUT2D eigenvalue weighted by Crippen LogP contribution is -2.51. The van der Waals surface area contributed by atoms with Gasteiger partial charge >= 0.3 is 12.1 Å². The molecule has 2 atom stereocenters. The number of carbonyl (C=O) groups is 4. The van der Waals surface area contributed by atoms with Crippen molar-refractivity contribution in [3.8, 4) is 0 Å². The van der Waals surface area contributed by atoms with E-state index in [0.717, 1.165) is 11.1 Å². The number of esters is 1. The van der Waals surface area contributed by atoms with Crippen molar-refractivity contribution in [3.05, 3.63) is 83.9 Å². The first-order chi connectivity index (χ1) is 18.8. The predicted octanol–water partition coefficient (Wildman–Crippen LogP) is 4.74. The number of hydrogen-bond acceptors (Lipinski definition) is 7. The molecule has 2 N–H and O–H groups in total. The quantitative estimate of drug-likeness (QED) is 0.221. The molecule has 218 valence electrons. The maximum absolute atomic E-state index is 12.8. The summed E-state index contributed by atoms with van der Waals surface area (Å²) in [5, 5.41) is 4.94. The second-order valence-electron chi connectivity index (χ2n) is 10.4. The number of ketones is 1. The van der Waals surface area contributed by atoms with Crippen LogP contribution in [0.5, 0.6) is 0 Å². The van der Waals surface area contributed by atoms with Gasteiger partial charge in [-0.15, -0.1) is 6.58 Å². The van der Waals surface area contributed by atoms with E-state index < -0.39 is 47.9 Å². The zero-order valence-corrected chi connectivity index (χ0v) is 24.3. The van der Waals surface area contributed by atoms with E-state index in [2.05, 4.69) is 17.2 Å². The molecular formula is C31H42N2O7. The van der Waals surface area contributed by atoms with Crippen molar-refractivity contribution >= 4 is 23.8 Å². The molecule has 0 bridgehead atoms. The summed E-state index contributed by atoms with van der Waals surface area (Å²) in [6.45, 7) is 13.7. The summed E-state index contributed by atoms with van der Waals surface area (Å²) in [4.78, 5) is 49.7. The lowest BCUT2D eigenvalue weighted by Gasteiger charge is -2.23. The van der Waals surface area contributed by atoms with E-state index in [0.29, 0.717) is 0 Å². The van der Waals surface area contributed by atoms with Gasteiger partial charge in [-0.3, -0.25) is 14.4 Å². The molecular weight excluding hydrogens is 512 g/mol. The fraction of sp³-hybridized carbons (Fsp3) is 0.419. The molecule has 0 aliphatic heterocycles. The number of alkyl carbamates (subject to hydrolysis) is 1. The highest BCUT2D eigenvalue weighted by molar-refractivity contribution is 6.01.